The molecule has 20 heavy (non-hydrogen) atoms. The maximum Gasteiger partial charge on any atom is 0.154 e. The van der Waals surface area contributed by atoms with Crippen LogP contribution in [0.25, 0.3) is 0 Å². The highest BCUT2D eigenvalue weighted by Crippen LogP contribution is 2.12. The van der Waals surface area contributed by atoms with Crippen molar-refractivity contribution in [1.82, 2.24) is 10.4 Å². The molecule has 0 saturated carbocycles. The highest BCUT2D eigenvalue weighted by molar-refractivity contribution is 8.22. The summed E-state index contributed by atoms with van der Waals surface area (Å²) < 4.78 is 0.664. The van der Waals surface area contributed by atoms with Crippen molar-refractivity contribution in [2.75, 3.05) is 0 Å². The fourth-order valence-corrected chi connectivity index (χ4v) is 2.35. The molecule has 0 radical (unpaired) electrons. The lowest BCUT2D eigenvalue weighted by Crippen LogP contribution is -2.14. The molecule has 5 heteroatoms. The highest BCUT2D eigenvalue weighted by Gasteiger charge is 1.99. The van der Waals surface area contributed by atoms with Gasteiger partial charge in [0.25, 0.3) is 0 Å². The number of thioether (sulfide) groups is 1. The van der Waals surface area contributed by atoms with Gasteiger partial charge in [-0.25, -0.2) is 0 Å². The first kappa shape index (κ1) is 14.7. The van der Waals surface area contributed by atoms with Crippen molar-refractivity contribution in [3.8, 4) is 0 Å². The number of hydrogen-bond donors (Lipinski definition) is 1. The fourth-order valence-electron chi connectivity index (χ4n) is 1.53. The summed E-state index contributed by atoms with van der Waals surface area (Å²) in [7, 11) is 0. The van der Waals surface area contributed by atoms with Crippen LogP contribution >= 0.6 is 24.0 Å². The summed E-state index contributed by atoms with van der Waals surface area (Å²) in [5.41, 5.74) is 5.99. The smallest absolute Gasteiger partial charge is 0.154 e. The van der Waals surface area contributed by atoms with Crippen molar-refractivity contribution in [2.45, 2.75) is 12.7 Å². The van der Waals surface area contributed by atoms with Gasteiger partial charge in [0.1, 0.15) is 0 Å². The Bertz CT molecular complexity index is 583. The normalized spacial score (nSPS) is 11.2. The molecule has 0 saturated heterocycles. The Hall–Kier alpha value is -1.72. The lowest BCUT2D eigenvalue weighted by atomic mass is 10.2. The number of pyridine rings is 1. The van der Waals surface area contributed by atoms with Gasteiger partial charge in [-0.2, -0.15) is 5.10 Å². The quantitative estimate of drug-likeness (QED) is 0.532. The second-order valence-corrected chi connectivity index (χ2v) is 5.76. The number of thiocarbonyl (C=S) groups is 1. The van der Waals surface area contributed by atoms with E-state index in [2.05, 4.69) is 27.6 Å². The lowest BCUT2D eigenvalue weighted by molar-refractivity contribution is 1.06. The Balaban J connectivity index is 1.83. The van der Waals surface area contributed by atoms with Gasteiger partial charge in [-0.05, 0) is 18.6 Å². The van der Waals surface area contributed by atoms with Gasteiger partial charge in [0.15, 0.2) is 4.32 Å². The number of nitrogens with one attached hydrogen (secondary N) is 1. The average Bonchev–Trinajstić information content (AvgIpc) is 2.52. The van der Waals surface area contributed by atoms with E-state index in [1.807, 2.05) is 37.3 Å². The molecule has 0 aliphatic carbocycles. The summed E-state index contributed by atoms with van der Waals surface area (Å²) in [6.07, 6.45) is 3.52. The molecule has 0 amide bonds. The minimum absolute atomic E-state index is 0.664. The summed E-state index contributed by atoms with van der Waals surface area (Å²) in [5.74, 6) is 0.841. The summed E-state index contributed by atoms with van der Waals surface area (Å²) in [6, 6.07) is 14.1. The van der Waals surface area contributed by atoms with E-state index >= 15 is 0 Å². The largest absolute Gasteiger partial charge is 0.264 e. The molecule has 0 atom stereocenters. The van der Waals surface area contributed by atoms with Crippen LogP contribution in [0.15, 0.2) is 60.0 Å². The van der Waals surface area contributed by atoms with Crippen LogP contribution in [-0.2, 0) is 5.75 Å². The first-order valence-corrected chi connectivity index (χ1v) is 7.56. The summed E-state index contributed by atoms with van der Waals surface area (Å²) in [4.78, 5) is 4.06. The molecular weight excluding hydrogens is 286 g/mol. The molecule has 1 N–H and O–H groups in total. The van der Waals surface area contributed by atoms with Gasteiger partial charge in [0.05, 0.1) is 5.71 Å². The summed E-state index contributed by atoms with van der Waals surface area (Å²) in [5, 5.41) is 4.27. The predicted molar refractivity (Wildman–Crippen MR) is 89.9 cm³/mol. The van der Waals surface area contributed by atoms with Gasteiger partial charge in [-0.1, -0.05) is 60.4 Å². The molecule has 1 heterocycles. The van der Waals surface area contributed by atoms with Gasteiger partial charge in [0, 0.05) is 23.7 Å². The number of nitrogens with zero attached hydrogens (tertiary/aromatic N) is 2. The van der Waals surface area contributed by atoms with Gasteiger partial charge < -0.3 is 0 Å². The van der Waals surface area contributed by atoms with E-state index in [9.17, 15) is 0 Å². The van der Waals surface area contributed by atoms with Gasteiger partial charge in [-0.3, -0.25) is 10.4 Å². The van der Waals surface area contributed by atoms with Crippen molar-refractivity contribution >= 4 is 34.0 Å². The van der Waals surface area contributed by atoms with E-state index in [1.165, 1.54) is 5.56 Å². The third kappa shape index (κ3) is 4.75. The van der Waals surface area contributed by atoms with Crippen molar-refractivity contribution < 1.29 is 0 Å². The Morgan fingerprint density at radius 3 is 2.75 bits per heavy atom. The van der Waals surface area contributed by atoms with E-state index in [1.54, 1.807) is 24.2 Å². The zero-order valence-electron chi connectivity index (χ0n) is 11.1. The van der Waals surface area contributed by atoms with Crippen LogP contribution in [0.2, 0.25) is 0 Å². The standard InChI is InChI=1S/C15H15N3S2/c1-12(14-8-5-9-16-10-14)17-18-15(19)20-11-13-6-3-2-4-7-13/h2-10H,11H2,1H3,(H,18,19)/b17-12+. The van der Waals surface area contributed by atoms with Gasteiger partial charge in [0.2, 0.25) is 0 Å². The van der Waals surface area contributed by atoms with Crippen LogP contribution in [0.3, 0.4) is 0 Å². The average molecular weight is 301 g/mol. The Morgan fingerprint density at radius 1 is 1.25 bits per heavy atom. The Morgan fingerprint density at radius 2 is 2.05 bits per heavy atom. The topological polar surface area (TPSA) is 37.3 Å². The van der Waals surface area contributed by atoms with Crippen LogP contribution in [0.4, 0.5) is 0 Å². The van der Waals surface area contributed by atoms with Crippen molar-refractivity contribution in [3.05, 3.63) is 66.0 Å². The fraction of sp³-hybridized carbons (Fsp3) is 0.133. The van der Waals surface area contributed by atoms with E-state index in [4.69, 9.17) is 12.2 Å². The number of benzene rings is 1. The monoisotopic (exact) mass is 301 g/mol. The van der Waals surface area contributed by atoms with Crippen molar-refractivity contribution in [1.29, 1.82) is 0 Å². The van der Waals surface area contributed by atoms with E-state index < -0.39 is 0 Å². The van der Waals surface area contributed by atoms with Crippen LogP contribution in [-0.4, -0.2) is 15.0 Å². The molecule has 0 unspecified atom stereocenters. The Kier molecular flexibility index (Phi) is 5.70. The summed E-state index contributed by atoms with van der Waals surface area (Å²) in [6.45, 7) is 1.93. The first-order chi connectivity index (χ1) is 9.75. The number of hydrogen-bond acceptors (Lipinski definition) is 4. The van der Waals surface area contributed by atoms with Gasteiger partial charge in [-0.15, -0.1) is 0 Å². The third-order valence-electron chi connectivity index (χ3n) is 2.61. The molecule has 0 bridgehead atoms. The first-order valence-electron chi connectivity index (χ1n) is 6.17. The molecule has 3 nitrogen and oxygen atoms in total. The molecule has 0 spiro atoms. The van der Waals surface area contributed by atoms with E-state index in [0.29, 0.717) is 4.32 Å². The molecule has 102 valence electrons. The molecule has 0 aliphatic rings. The molecule has 0 fully saturated rings. The lowest BCUT2D eigenvalue weighted by Gasteiger charge is -2.04. The predicted octanol–water partition coefficient (Wildman–Crippen LogP) is 3.61. The number of hydrazone groups is 1. The van der Waals surface area contributed by atoms with Crippen molar-refractivity contribution in [3.63, 3.8) is 0 Å². The van der Waals surface area contributed by atoms with Crippen molar-refractivity contribution in [2.24, 2.45) is 5.10 Å². The SMILES string of the molecule is C/C(=N\NC(=S)SCc1ccccc1)c1cccnc1. The molecule has 1 aromatic carbocycles. The maximum atomic E-state index is 5.25. The maximum absolute atomic E-state index is 5.25. The minimum atomic E-state index is 0.664. The van der Waals surface area contributed by atoms with Crippen LogP contribution in [0.1, 0.15) is 18.1 Å². The second-order valence-electron chi connectivity index (χ2n) is 4.11. The molecule has 0 aliphatic heterocycles. The summed E-state index contributed by atoms with van der Waals surface area (Å²) >= 11 is 6.81. The Labute approximate surface area is 128 Å². The van der Waals surface area contributed by atoms with E-state index in [0.717, 1.165) is 17.0 Å². The molecule has 2 rings (SSSR count). The number of rotatable bonds is 4. The highest BCUT2D eigenvalue weighted by atomic mass is 32.2. The zero-order valence-corrected chi connectivity index (χ0v) is 12.7. The van der Waals surface area contributed by atoms with Gasteiger partial charge >= 0.3 is 0 Å². The third-order valence-corrected chi connectivity index (χ3v) is 3.88. The molecular formula is C15H15N3S2. The van der Waals surface area contributed by atoms with E-state index in [-0.39, 0.29) is 0 Å². The van der Waals surface area contributed by atoms with Crippen LogP contribution in [0, 0.1) is 0 Å². The number of aromatic nitrogens is 1. The second kappa shape index (κ2) is 7.77. The van der Waals surface area contributed by atoms with Crippen LogP contribution in [0.5, 0.6) is 0 Å². The molecule has 1 aromatic heterocycles. The van der Waals surface area contributed by atoms with Crippen LogP contribution < -0.4 is 5.43 Å². The molecule has 2 aromatic rings. The zero-order chi connectivity index (χ0) is 14.2. The minimum Gasteiger partial charge on any atom is -0.264 e.